The summed E-state index contributed by atoms with van der Waals surface area (Å²) in [6, 6.07) is 9.83. The fraction of sp³-hybridized carbons (Fsp3) is 0.286. The van der Waals surface area contributed by atoms with Crippen molar-refractivity contribution in [3.8, 4) is 5.88 Å². The van der Waals surface area contributed by atoms with Crippen LogP contribution in [0.25, 0.3) is 0 Å². The first-order valence-corrected chi connectivity index (χ1v) is 6.68. The summed E-state index contributed by atoms with van der Waals surface area (Å²) in [4.78, 5) is 8.40. The molecule has 0 atom stereocenters. The molecule has 0 amide bonds. The summed E-state index contributed by atoms with van der Waals surface area (Å²) in [5.41, 5.74) is 2.24. The van der Waals surface area contributed by atoms with Crippen molar-refractivity contribution >= 4 is 17.5 Å². The van der Waals surface area contributed by atoms with E-state index in [0.717, 1.165) is 11.1 Å². The van der Waals surface area contributed by atoms with E-state index in [1.807, 2.05) is 25.1 Å². The van der Waals surface area contributed by atoms with Gasteiger partial charge in [0.15, 0.2) is 0 Å². The smallest absolute Gasteiger partial charge is 0.226 e. The maximum Gasteiger partial charge on any atom is 0.226 e. The van der Waals surface area contributed by atoms with Gasteiger partial charge in [0, 0.05) is 24.7 Å². The summed E-state index contributed by atoms with van der Waals surface area (Å²) in [6.45, 7) is 3.17. The molecule has 0 bridgehead atoms. The first-order valence-electron chi connectivity index (χ1n) is 6.15. The predicted octanol–water partition coefficient (Wildman–Crippen LogP) is 3.23. The summed E-state index contributed by atoms with van der Waals surface area (Å²) in [6.07, 6.45) is 1.68. The number of ether oxygens (including phenoxy) is 1. The van der Waals surface area contributed by atoms with Crippen molar-refractivity contribution in [3.05, 3.63) is 47.7 Å². The molecule has 2 rings (SSSR count). The summed E-state index contributed by atoms with van der Waals surface area (Å²) >= 11 is 5.81. The average molecular weight is 278 g/mol. The molecular weight excluding hydrogens is 262 g/mol. The lowest BCUT2D eigenvalue weighted by atomic mass is 10.1. The van der Waals surface area contributed by atoms with Crippen molar-refractivity contribution < 1.29 is 4.74 Å². The van der Waals surface area contributed by atoms with Crippen LogP contribution in [0, 0.1) is 0 Å². The van der Waals surface area contributed by atoms with Gasteiger partial charge in [-0.2, -0.15) is 4.98 Å². The summed E-state index contributed by atoms with van der Waals surface area (Å²) in [5, 5.41) is 3.17. The lowest BCUT2D eigenvalue weighted by Gasteiger charge is -2.07. The van der Waals surface area contributed by atoms with E-state index in [4.69, 9.17) is 16.3 Å². The van der Waals surface area contributed by atoms with Gasteiger partial charge in [-0.25, -0.2) is 4.98 Å². The third kappa shape index (κ3) is 4.10. The number of rotatable bonds is 6. The molecule has 0 radical (unpaired) electrons. The topological polar surface area (TPSA) is 47.0 Å². The maximum atomic E-state index is 5.81. The van der Waals surface area contributed by atoms with E-state index in [1.54, 1.807) is 12.3 Å². The third-order valence-electron chi connectivity index (χ3n) is 2.52. The molecule has 1 aromatic carbocycles. The number of nitrogens with zero attached hydrogens (tertiary/aromatic N) is 2. The molecule has 0 aliphatic heterocycles. The van der Waals surface area contributed by atoms with Crippen LogP contribution >= 0.6 is 11.6 Å². The van der Waals surface area contributed by atoms with Gasteiger partial charge in [0.05, 0.1) is 6.61 Å². The second kappa shape index (κ2) is 6.95. The molecule has 0 saturated heterocycles. The lowest BCUT2D eigenvalue weighted by molar-refractivity contribution is 0.326. The Morgan fingerprint density at radius 3 is 2.89 bits per heavy atom. The molecule has 19 heavy (non-hydrogen) atoms. The van der Waals surface area contributed by atoms with Crippen LogP contribution in [-0.4, -0.2) is 16.6 Å². The number of anilines is 1. The van der Waals surface area contributed by atoms with Crippen molar-refractivity contribution in [1.82, 2.24) is 9.97 Å². The van der Waals surface area contributed by atoms with E-state index in [9.17, 15) is 0 Å². The van der Waals surface area contributed by atoms with E-state index in [0.29, 0.717) is 30.9 Å². The molecule has 1 aromatic heterocycles. The van der Waals surface area contributed by atoms with Crippen LogP contribution in [0.3, 0.4) is 0 Å². The Hall–Kier alpha value is -1.81. The van der Waals surface area contributed by atoms with Gasteiger partial charge in [-0.05, 0) is 18.1 Å². The second-order valence-electron chi connectivity index (χ2n) is 3.96. The van der Waals surface area contributed by atoms with Crippen molar-refractivity contribution in [3.63, 3.8) is 0 Å². The lowest BCUT2D eigenvalue weighted by Crippen LogP contribution is -2.05. The van der Waals surface area contributed by atoms with Gasteiger partial charge < -0.3 is 10.1 Å². The van der Waals surface area contributed by atoms with Gasteiger partial charge in [0.1, 0.15) is 0 Å². The molecular formula is C14H16ClN3O. The molecule has 0 spiro atoms. The normalized spacial score (nSPS) is 10.2. The highest BCUT2D eigenvalue weighted by molar-refractivity contribution is 6.17. The molecule has 5 heteroatoms. The zero-order valence-corrected chi connectivity index (χ0v) is 11.5. The molecule has 1 heterocycles. The van der Waals surface area contributed by atoms with E-state index in [-0.39, 0.29) is 0 Å². The van der Waals surface area contributed by atoms with Crippen LogP contribution in [0.1, 0.15) is 18.1 Å². The fourth-order valence-corrected chi connectivity index (χ4v) is 1.83. The van der Waals surface area contributed by atoms with E-state index in [1.165, 1.54) is 0 Å². The van der Waals surface area contributed by atoms with Crippen LogP contribution in [0.5, 0.6) is 5.88 Å². The Balaban J connectivity index is 1.99. The van der Waals surface area contributed by atoms with Gasteiger partial charge in [0.25, 0.3) is 0 Å². The van der Waals surface area contributed by atoms with Gasteiger partial charge in [0.2, 0.25) is 11.8 Å². The molecule has 0 fully saturated rings. The number of nitrogens with one attached hydrogen (secondary N) is 1. The van der Waals surface area contributed by atoms with E-state index in [2.05, 4.69) is 21.4 Å². The zero-order valence-electron chi connectivity index (χ0n) is 10.8. The Morgan fingerprint density at radius 2 is 2.11 bits per heavy atom. The van der Waals surface area contributed by atoms with Crippen LogP contribution < -0.4 is 10.1 Å². The Bertz CT molecular complexity index is 534. The summed E-state index contributed by atoms with van der Waals surface area (Å²) < 4.78 is 5.33. The highest BCUT2D eigenvalue weighted by Crippen LogP contribution is 2.11. The van der Waals surface area contributed by atoms with Crippen molar-refractivity contribution in [2.75, 3.05) is 11.9 Å². The maximum absolute atomic E-state index is 5.81. The Kier molecular flexibility index (Phi) is 4.98. The summed E-state index contributed by atoms with van der Waals surface area (Å²) in [7, 11) is 0. The first-order chi connectivity index (χ1) is 9.31. The largest absolute Gasteiger partial charge is 0.478 e. The summed E-state index contributed by atoms with van der Waals surface area (Å²) in [5.74, 6) is 1.65. The Morgan fingerprint density at radius 1 is 1.26 bits per heavy atom. The van der Waals surface area contributed by atoms with Crippen molar-refractivity contribution in [2.24, 2.45) is 0 Å². The number of hydrogen-bond donors (Lipinski definition) is 1. The molecule has 0 aliphatic rings. The predicted molar refractivity (Wildman–Crippen MR) is 76.5 cm³/mol. The van der Waals surface area contributed by atoms with E-state index >= 15 is 0 Å². The zero-order chi connectivity index (χ0) is 13.5. The monoisotopic (exact) mass is 277 g/mol. The van der Waals surface area contributed by atoms with Crippen LogP contribution in [0.2, 0.25) is 0 Å². The van der Waals surface area contributed by atoms with Gasteiger partial charge in [-0.3, -0.25) is 0 Å². The van der Waals surface area contributed by atoms with Crippen LogP contribution in [0.4, 0.5) is 5.95 Å². The second-order valence-corrected chi connectivity index (χ2v) is 4.23. The number of benzene rings is 1. The van der Waals surface area contributed by atoms with Gasteiger partial charge in [-0.1, -0.05) is 24.3 Å². The number of hydrogen-bond acceptors (Lipinski definition) is 4. The van der Waals surface area contributed by atoms with Crippen LogP contribution in [-0.2, 0) is 12.4 Å². The fourth-order valence-electron chi connectivity index (χ4n) is 1.66. The molecule has 2 aromatic rings. The SMILES string of the molecule is CCOc1ccnc(NCc2cccc(CCl)c2)n1. The molecule has 0 aliphatic carbocycles. The molecule has 1 N–H and O–H groups in total. The number of alkyl halides is 1. The Labute approximate surface area is 117 Å². The van der Waals surface area contributed by atoms with Crippen LogP contribution in [0.15, 0.2) is 36.5 Å². The minimum Gasteiger partial charge on any atom is -0.478 e. The molecule has 0 unspecified atom stereocenters. The van der Waals surface area contributed by atoms with Crippen molar-refractivity contribution in [1.29, 1.82) is 0 Å². The third-order valence-corrected chi connectivity index (χ3v) is 2.83. The minimum absolute atomic E-state index is 0.518. The number of halogens is 1. The van der Waals surface area contributed by atoms with Gasteiger partial charge >= 0.3 is 0 Å². The quantitative estimate of drug-likeness (QED) is 0.824. The van der Waals surface area contributed by atoms with Gasteiger partial charge in [-0.15, -0.1) is 11.6 Å². The standard InChI is InChI=1S/C14H16ClN3O/c1-2-19-13-6-7-16-14(18-13)17-10-12-5-3-4-11(8-12)9-15/h3-8H,2,9-10H2,1H3,(H,16,17,18). The molecule has 0 saturated carbocycles. The first kappa shape index (κ1) is 13.6. The average Bonchev–Trinajstić information content (AvgIpc) is 2.46. The highest BCUT2D eigenvalue weighted by Gasteiger charge is 2.00. The molecule has 4 nitrogen and oxygen atoms in total. The van der Waals surface area contributed by atoms with E-state index < -0.39 is 0 Å². The number of aromatic nitrogens is 2. The minimum atomic E-state index is 0.518. The highest BCUT2D eigenvalue weighted by atomic mass is 35.5. The molecule has 100 valence electrons. The van der Waals surface area contributed by atoms with Crippen molar-refractivity contribution in [2.45, 2.75) is 19.3 Å².